The molecule has 186 valence electrons. The van der Waals surface area contributed by atoms with E-state index in [0.29, 0.717) is 35.2 Å². The summed E-state index contributed by atoms with van der Waals surface area (Å²) in [6, 6.07) is 15.6. The van der Waals surface area contributed by atoms with E-state index >= 15 is 0 Å². The van der Waals surface area contributed by atoms with Crippen molar-refractivity contribution in [3.63, 3.8) is 0 Å². The zero-order valence-corrected chi connectivity index (χ0v) is 21.2. The standard InChI is InChI=1S/C29H30N2O5/c1-6-14-31-22-11-9-8-10-21(22)28(4,7-2)29(31)26(17-32)30-27-20-16-24(34-5)25(35-18(3)33)15-19(20)12-13-23(27)36-29/h8-13,15-16,30H,6-7,14H2,1-5H3. The van der Waals surface area contributed by atoms with Gasteiger partial charge in [-0.2, -0.15) is 0 Å². The summed E-state index contributed by atoms with van der Waals surface area (Å²) in [6.45, 7) is 8.45. The first-order chi connectivity index (χ1) is 17.3. The van der Waals surface area contributed by atoms with E-state index in [0.717, 1.165) is 34.9 Å². The molecular weight excluding hydrogens is 456 g/mol. The van der Waals surface area contributed by atoms with Crippen molar-refractivity contribution in [3.05, 3.63) is 59.8 Å². The summed E-state index contributed by atoms with van der Waals surface area (Å²) in [6.07, 6.45) is 1.63. The highest BCUT2D eigenvalue weighted by Gasteiger charge is 2.65. The third-order valence-corrected chi connectivity index (χ3v) is 7.54. The molecule has 3 aromatic rings. The Morgan fingerprint density at radius 3 is 2.58 bits per heavy atom. The van der Waals surface area contributed by atoms with Crippen LogP contribution in [0.5, 0.6) is 17.2 Å². The van der Waals surface area contributed by atoms with Crippen LogP contribution in [0.4, 0.5) is 11.4 Å². The lowest BCUT2D eigenvalue weighted by Gasteiger charge is -2.50. The van der Waals surface area contributed by atoms with Crippen molar-refractivity contribution >= 4 is 34.1 Å². The number of fused-ring (bicyclic) bond motifs is 4. The number of carbonyl (C=O) groups is 1. The van der Waals surface area contributed by atoms with Gasteiger partial charge in [-0.1, -0.05) is 38.1 Å². The van der Waals surface area contributed by atoms with Crippen LogP contribution in [0.1, 0.15) is 46.1 Å². The number of ether oxygens (including phenoxy) is 3. The van der Waals surface area contributed by atoms with E-state index in [9.17, 15) is 9.59 Å². The fraction of sp³-hybridized carbons (Fsp3) is 0.345. The number of methoxy groups -OCH3 is 1. The molecule has 0 radical (unpaired) electrons. The van der Waals surface area contributed by atoms with Crippen LogP contribution in [0.15, 0.2) is 54.2 Å². The number of para-hydroxylation sites is 1. The second-order valence-electron chi connectivity index (χ2n) is 9.46. The normalized spacial score (nSPS) is 21.9. The molecule has 2 aliphatic rings. The molecule has 1 spiro atoms. The summed E-state index contributed by atoms with van der Waals surface area (Å²) in [5.74, 6) is 3.13. The summed E-state index contributed by atoms with van der Waals surface area (Å²) in [4.78, 5) is 26.4. The second-order valence-corrected chi connectivity index (χ2v) is 9.46. The van der Waals surface area contributed by atoms with Crippen molar-refractivity contribution in [1.82, 2.24) is 0 Å². The Kier molecular flexibility index (Phi) is 5.68. The monoisotopic (exact) mass is 486 g/mol. The Morgan fingerprint density at radius 2 is 1.92 bits per heavy atom. The van der Waals surface area contributed by atoms with Gasteiger partial charge in [-0.05, 0) is 55.0 Å². The van der Waals surface area contributed by atoms with Crippen LogP contribution in [0.2, 0.25) is 0 Å². The largest absolute Gasteiger partial charge is 0.493 e. The number of hydrogen-bond donors (Lipinski definition) is 1. The fourth-order valence-corrected chi connectivity index (χ4v) is 5.77. The summed E-state index contributed by atoms with van der Waals surface area (Å²) >= 11 is 0. The molecule has 0 amide bonds. The molecule has 3 aromatic carbocycles. The van der Waals surface area contributed by atoms with Crippen LogP contribution in [-0.4, -0.2) is 31.3 Å². The molecule has 36 heavy (non-hydrogen) atoms. The first kappa shape index (κ1) is 23.8. The van der Waals surface area contributed by atoms with E-state index in [-0.39, 0.29) is 0 Å². The molecule has 0 aliphatic carbocycles. The molecule has 2 heterocycles. The molecule has 0 saturated heterocycles. The van der Waals surface area contributed by atoms with Gasteiger partial charge >= 0.3 is 5.97 Å². The van der Waals surface area contributed by atoms with Crippen molar-refractivity contribution in [2.24, 2.45) is 0 Å². The van der Waals surface area contributed by atoms with E-state index < -0.39 is 17.1 Å². The van der Waals surface area contributed by atoms with Crippen molar-refractivity contribution in [2.75, 3.05) is 23.9 Å². The van der Waals surface area contributed by atoms with Crippen molar-refractivity contribution in [2.45, 2.75) is 51.7 Å². The van der Waals surface area contributed by atoms with Crippen molar-refractivity contribution in [3.8, 4) is 17.2 Å². The van der Waals surface area contributed by atoms with Gasteiger partial charge in [-0.25, -0.2) is 4.79 Å². The minimum Gasteiger partial charge on any atom is -0.493 e. The average molecular weight is 487 g/mol. The number of nitrogens with zero attached hydrogens (tertiary/aromatic N) is 1. The first-order valence-corrected chi connectivity index (χ1v) is 12.3. The lowest BCUT2D eigenvalue weighted by atomic mass is 9.71. The zero-order valence-electron chi connectivity index (χ0n) is 21.2. The number of benzene rings is 3. The average Bonchev–Trinajstić information content (AvgIpc) is 3.08. The quantitative estimate of drug-likeness (QED) is 0.286. The number of rotatable bonds is 5. The van der Waals surface area contributed by atoms with Crippen LogP contribution in [0.25, 0.3) is 10.8 Å². The fourth-order valence-electron chi connectivity index (χ4n) is 5.77. The molecule has 1 N–H and O–H groups in total. The summed E-state index contributed by atoms with van der Waals surface area (Å²) < 4.78 is 17.8. The lowest BCUT2D eigenvalue weighted by molar-refractivity contribution is -0.132. The predicted molar refractivity (Wildman–Crippen MR) is 140 cm³/mol. The number of esters is 1. The van der Waals surface area contributed by atoms with Gasteiger partial charge in [0.05, 0.1) is 18.2 Å². The van der Waals surface area contributed by atoms with E-state index in [2.05, 4.69) is 49.1 Å². The maximum Gasteiger partial charge on any atom is 0.308 e. The number of anilines is 2. The van der Waals surface area contributed by atoms with Gasteiger partial charge in [0, 0.05) is 24.5 Å². The van der Waals surface area contributed by atoms with Crippen LogP contribution in [-0.2, 0) is 15.0 Å². The van der Waals surface area contributed by atoms with Gasteiger partial charge in [-0.3, -0.25) is 4.79 Å². The summed E-state index contributed by atoms with van der Waals surface area (Å²) in [5, 5.41) is 4.99. The molecule has 2 atom stereocenters. The molecule has 0 aromatic heterocycles. The zero-order chi connectivity index (χ0) is 25.7. The molecule has 0 saturated carbocycles. The smallest absolute Gasteiger partial charge is 0.308 e. The topological polar surface area (TPSA) is 77.1 Å². The van der Waals surface area contributed by atoms with E-state index in [1.165, 1.54) is 14.0 Å². The molecule has 2 aliphatic heterocycles. The Hall–Kier alpha value is -3.96. The maximum absolute atomic E-state index is 12.7. The van der Waals surface area contributed by atoms with E-state index in [4.69, 9.17) is 14.2 Å². The van der Waals surface area contributed by atoms with Gasteiger partial charge < -0.3 is 24.4 Å². The Balaban J connectivity index is 1.74. The summed E-state index contributed by atoms with van der Waals surface area (Å²) in [5.41, 5.74) is 1.60. The second kappa shape index (κ2) is 8.61. The summed E-state index contributed by atoms with van der Waals surface area (Å²) in [7, 11) is 1.52. The van der Waals surface area contributed by atoms with E-state index in [1.54, 1.807) is 12.1 Å². The molecule has 2 unspecified atom stereocenters. The molecule has 7 nitrogen and oxygen atoms in total. The van der Waals surface area contributed by atoms with Crippen molar-refractivity contribution < 1.29 is 23.8 Å². The third-order valence-electron chi connectivity index (χ3n) is 7.54. The van der Waals surface area contributed by atoms with Crippen molar-refractivity contribution in [1.29, 1.82) is 0 Å². The molecular formula is C29H30N2O5. The molecule has 7 heteroatoms. The third kappa shape index (κ3) is 3.12. The van der Waals surface area contributed by atoms with Crippen LogP contribution in [0.3, 0.4) is 0 Å². The van der Waals surface area contributed by atoms with Gasteiger partial charge in [0.25, 0.3) is 0 Å². The maximum atomic E-state index is 12.7. The molecule has 0 bridgehead atoms. The Bertz CT molecular complexity index is 1430. The number of hydrogen-bond acceptors (Lipinski definition) is 7. The Morgan fingerprint density at radius 1 is 1.14 bits per heavy atom. The number of nitrogens with one attached hydrogen (secondary N) is 1. The number of carbonyl (C=O) groups excluding carboxylic acids is 2. The van der Waals surface area contributed by atoms with Crippen LogP contribution < -0.4 is 24.4 Å². The van der Waals surface area contributed by atoms with Gasteiger partial charge in [0.15, 0.2) is 23.1 Å². The van der Waals surface area contributed by atoms with Gasteiger partial charge in [0.1, 0.15) is 5.75 Å². The van der Waals surface area contributed by atoms with E-state index in [1.807, 2.05) is 24.3 Å². The predicted octanol–water partition coefficient (Wildman–Crippen LogP) is 5.59. The van der Waals surface area contributed by atoms with Gasteiger partial charge in [0.2, 0.25) is 5.72 Å². The lowest BCUT2D eigenvalue weighted by Crippen LogP contribution is -2.65. The minimum absolute atomic E-state index is 0.329. The highest BCUT2D eigenvalue weighted by atomic mass is 16.6. The van der Waals surface area contributed by atoms with Crippen LogP contribution in [0, 0.1) is 0 Å². The molecule has 5 rings (SSSR count). The van der Waals surface area contributed by atoms with Gasteiger partial charge in [-0.15, -0.1) is 0 Å². The van der Waals surface area contributed by atoms with Crippen LogP contribution >= 0.6 is 0 Å². The Labute approximate surface area is 210 Å². The molecule has 0 fully saturated rings. The SMILES string of the molecule is CCCN1c2ccccc2C(C)(CC)C12Oc1ccc3cc(OC(C)=O)c(OC)cc3c1NC2=C=O. The highest BCUT2D eigenvalue weighted by Crippen LogP contribution is 2.59. The minimum atomic E-state index is -1.08. The first-order valence-electron chi connectivity index (χ1n) is 12.3. The highest BCUT2D eigenvalue weighted by molar-refractivity contribution is 6.01.